The van der Waals surface area contributed by atoms with Crippen molar-refractivity contribution in [1.29, 1.82) is 0 Å². The molecule has 0 heterocycles. The van der Waals surface area contributed by atoms with E-state index in [2.05, 4.69) is 42.4 Å². The monoisotopic (exact) mass is 454 g/mol. The van der Waals surface area contributed by atoms with Gasteiger partial charge < -0.3 is 9.47 Å². The van der Waals surface area contributed by atoms with Crippen molar-refractivity contribution in [2.45, 2.75) is 6.42 Å². The van der Waals surface area contributed by atoms with Crippen LogP contribution in [0.3, 0.4) is 0 Å². The fraction of sp³-hybridized carbons (Fsp3) is 0.176. The molecule has 0 saturated heterocycles. The second-order valence-corrected chi connectivity index (χ2v) is 6.60. The molecule has 0 spiro atoms. The molecule has 0 aliphatic rings. The van der Waals surface area contributed by atoms with Crippen LogP contribution in [-0.4, -0.2) is 26.3 Å². The van der Waals surface area contributed by atoms with E-state index in [0.29, 0.717) is 11.5 Å². The normalized spacial score (nSPS) is 10.7. The Kier molecular flexibility index (Phi) is 6.81. The first-order valence-corrected chi connectivity index (χ1v) is 8.60. The summed E-state index contributed by atoms with van der Waals surface area (Å²) in [7, 11) is 3.13. The first-order chi connectivity index (χ1) is 11.5. The summed E-state index contributed by atoms with van der Waals surface area (Å²) in [6.07, 6.45) is 1.81. The Morgan fingerprint density at radius 2 is 1.88 bits per heavy atom. The van der Waals surface area contributed by atoms with Crippen molar-refractivity contribution in [2.75, 3.05) is 14.2 Å². The van der Waals surface area contributed by atoms with Crippen molar-refractivity contribution in [3.8, 4) is 11.5 Å². The Morgan fingerprint density at radius 1 is 1.17 bits per heavy atom. The van der Waals surface area contributed by atoms with Gasteiger partial charge in [0, 0.05) is 4.47 Å². The zero-order valence-electron chi connectivity index (χ0n) is 13.2. The second kappa shape index (κ2) is 8.84. The van der Waals surface area contributed by atoms with Crippen LogP contribution in [-0.2, 0) is 11.2 Å². The first-order valence-electron chi connectivity index (χ1n) is 7.01. The van der Waals surface area contributed by atoms with Crippen LogP contribution in [0.4, 0.5) is 0 Å². The number of rotatable bonds is 6. The number of hydrogen-bond acceptors (Lipinski definition) is 4. The Hall–Kier alpha value is -1.86. The first kappa shape index (κ1) is 18.5. The summed E-state index contributed by atoms with van der Waals surface area (Å²) in [5.41, 5.74) is 4.19. The molecule has 0 bridgehead atoms. The lowest BCUT2D eigenvalue weighted by Gasteiger charge is -2.10. The number of hydrazone groups is 1. The van der Waals surface area contributed by atoms with E-state index < -0.39 is 0 Å². The van der Waals surface area contributed by atoms with Crippen LogP contribution in [0, 0.1) is 0 Å². The molecule has 2 aromatic rings. The van der Waals surface area contributed by atoms with Gasteiger partial charge in [-0.25, -0.2) is 5.43 Å². The lowest BCUT2D eigenvalue weighted by atomic mass is 10.1. The topological polar surface area (TPSA) is 59.9 Å². The molecule has 0 aliphatic carbocycles. The van der Waals surface area contributed by atoms with Crippen molar-refractivity contribution in [3.05, 3.63) is 56.5 Å². The molecule has 0 radical (unpaired) electrons. The standard InChI is InChI=1S/C17H16Br2N2O3/c1-23-15-8-12(7-14(19)17(15)24-2)10-20-21-16(22)9-11-3-5-13(18)6-4-11/h3-8,10H,9H2,1-2H3,(H,21,22)/b20-10-. The number of amides is 1. The molecule has 0 fully saturated rings. The molecule has 7 heteroatoms. The van der Waals surface area contributed by atoms with Crippen molar-refractivity contribution in [2.24, 2.45) is 5.10 Å². The molecule has 0 unspecified atom stereocenters. The molecule has 1 amide bonds. The summed E-state index contributed by atoms with van der Waals surface area (Å²) in [5, 5.41) is 3.98. The minimum atomic E-state index is -0.187. The van der Waals surface area contributed by atoms with Gasteiger partial charge >= 0.3 is 0 Å². The summed E-state index contributed by atoms with van der Waals surface area (Å²) in [4.78, 5) is 11.9. The maximum Gasteiger partial charge on any atom is 0.244 e. The minimum Gasteiger partial charge on any atom is -0.493 e. The van der Waals surface area contributed by atoms with Gasteiger partial charge in [-0.1, -0.05) is 28.1 Å². The molecule has 0 atom stereocenters. The number of hydrogen-bond donors (Lipinski definition) is 1. The van der Waals surface area contributed by atoms with Crippen LogP contribution in [0.5, 0.6) is 11.5 Å². The van der Waals surface area contributed by atoms with Gasteiger partial charge in [-0.2, -0.15) is 5.10 Å². The van der Waals surface area contributed by atoms with E-state index in [-0.39, 0.29) is 12.3 Å². The fourth-order valence-electron chi connectivity index (χ4n) is 2.02. The number of methoxy groups -OCH3 is 2. The highest BCUT2D eigenvalue weighted by Crippen LogP contribution is 2.35. The molecule has 126 valence electrons. The van der Waals surface area contributed by atoms with Gasteiger partial charge in [0.25, 0.3) is 0 Å². The van der Waals surface area contributed by atoms with Crippen LogP contribution in [0.2, 0.25) is 0 Å². The Morgan fingerprint density at radius 3 is 2.50 bits per heavy atom. The molecule has 2 aromatic carbocycles. The number of carbonyl (C=O) groups excluding carboxylic acids is 1. The lowest BCUT2D eigenvalue weighted by molar-refractivity contribution is -0.120. The zero-order chi connectivity index (χ0) is 17.5. The van der Waals surface area contributed by atoms with Gasteiger partial charge in [0.05, 0.1) is 31.3 Å². The van der Waals surface area contributed by atoms with Crippen LogP contribution in [0.15, 0.2) is 50.4 Å². The highest BCUT2D eigenvalue weighted by molar-refractivity contribution is 9.10. The summed E-state index contributed by atoms with van der Waals surface area (Å²) >= 11 is 6.77. The fourth-order valence-corrected chi connectivity index (χ4v) is 2.90. The van der Waals surface area contributed by atoms with E-state index >= 15 is 0 Å². The molecular weight excluding hydrogens is 440 g/mol. The Bertz CT molecular complexity index is 746. The number of nitrogens with one attached hydrogen (secondary N) is 1. The van der Waals surface area contributed by atoms with Crippen molar-refractivity contribution in [1.82, 2.24) is 5.43 Å². The molecule has 1 N–H and O–H groups in total. The smallest absolute Gasteiger partial charge is 0.244 e. The minimum absolute atomic E-state index is 0.187. The average molecular weight is 456 g/mol. The van der Waals surface area contributed by atoms with Gasteiger partial charge in [0.15, 0.2) is 11.5 Å². The zero-order valence-corrected chi connectivity index (χ0v) is 16.3. The number of nitrogens with zero attached hydrogens (tertiary/aromatic N) is 1. The summed E-state index contributed by atoms with van der Waals surface area (Å²) in [6.45, 7) is 0. The van der Waals surface area contributed by atoms with Crippen molar-refractivity contribution in [3.63, 3.8) is 0 Å². The quantitative estimate of drug-likeness (QED) is 0.530. The maximum absolute atomic E-state index is 11.9. The molecule has 24 heavy (non-hydrogen) atoms. The van der Waals surface area contributed by atoms with Crippen molar-refractivity contribution < 1.29 is 14.3 Å². The van der Waals surface area contributed by atoms with Crippen LogP contribution < -0.4 is 14.9 Å². The van der Waals surface area contributed by atoms with E-state index in [0.717, 1.165) is 20.1 Å². The van der Waals surface area contributed by atoms with E-state index in [1.54, 1.807) is 26.5 Å². The lowest BCUT2D eigenvalue weighted by Crippen LogP contribution is -2.19. The predicted molar refractivity (Wildman–Crippen MR) is 101 cm³/mol. The molecule has 2 rings (SSSR count). The van der Waals surface area contributed by atoms with Gasteiger partial charge in [0.1, 0.15) is 0 Å². The largest absolute Gasteiger partial charge is 0.493 e. The second-order valence-electron chi connectivity index (χ2n) is 4.83. The highest BCUT2D eigenvalue weighted by atomic mass is 79.9. The van der Waals surface area contributed by atoms with E-state index in [1.165, 1.54) is 0 Å². The molecule has 0 saturated carbocycles. The van der Waals surface area contributed by atoms with Gasteiger partial charge in [-0.3, -0.25) is 4.79 Å². The molecular formula is C17H16Br2N2O3. The number of benzene rings is 2. The van der Waals surface area contributed by atoms with Gasteiger partial charge in [-0.05, 0) is 51.3 Å². The van der Waals surface area contributed by atoms with Gasteiger partial charge in [0.2, 0.25) is 5.91 Å². The van der Waals surface area contributed by atoms with E-state index in [4.69, 9.17) is 9.47 Å². The van der Waals surface area contributed by atoms with Crippen molar-refractivity contribution >= 4 is 44.0 Å². The van der Waals surface area contributed by atoms with E-state index in [1.807, 2.05) is 30.3 Å². The molecule has 0 aromatic heterocycles. The maximum atomic E-state index is 11.9. The third kappa shape index (κ3) is 5.07. The number of halogens is 2. The average Bonchev–Trinajstić information content (AvgIpc) is 2.56. The van der Waals surface area contributed by atoms with E-state index in [9.17, 15) is 4.79 Å². The highest BCUT2D eigenvalue weighted by Gasteiger charge is 2.09. The summed E-state index contributed by atoms with van der Waals surface area (Å²) in [6, 6.07) is 11.2. The molecule has 5 nitrogen and oxygen atoms in total. The number of carbonyl (C=O) groups is 1. The third-order valence-electron chi connectivity index (χ3n) is 3.14. The summed E-state index contributed by atoms with van der Waals surface area (Å²) in [5.74, 6) is 0.997. The number of ether oxygens (including phenoxy) is 2. The van der Waals surface area contributed by atoms with Crippen LogP contribution in [0.1, 0.15) is 11.1 Å². The molecule has 0 aliphatic heterocycles. The Balaban J connectivity index is 1.99. The van der Waals surface area contributed by atoms with Crippen LogP contribution >= 0.6 is 31.9 Å². The third-order valence-corrected chi connectivity index (χ3v) is 4.25. The summed E-state index contributed by atoms with van der Waals surface area (Å²) < 4.78 is 12.2. The van der Waals surface area contributed by atoms with Crippen LogP contribution in [0.25, 0.3) is 0 Å². The Labute approximate surface area is 157 Å². The van der Waals surface area contributed by atoms with Gasteiger partial charge in [-0.15, -0.1) is 0 Å². The predicted octanol–water partition coefficient (Wildman–Crippen LogP) is 3.92. The SMILES string of the molecule is COc1cc(/C=N\NC(=O)Cc2ccc(Br)cc2)cc(Br)c1OC.